The Morgan fingerprint density at radius 2 is 1.98 bits per heavy atom. The van der Waals surface area contributed by atoms with E-state index in [1.54, 1.807) is 42.5 Å². The molecule has 1 aromatic heterocycles. The highest BCUT2D eigenvalue weighted by Crippen LogP contribution is 2.45. The molecule has 6 rings (SSSR count). The van der Waals surface area contributed by atoms with E-state index in [0.717, 1.165) is 16.0 Å². The summed E-state index contributed by atoms with van der Waals surface area (Å²) in [5.41, 5.74) is 2.62. The molecule has 0 bridgehead atoms. The van der Waals surface area contributed by atoms with Crippen molar-refractivity contribution in [2.24, 2.45) is 0 Å². The fourth-order valence-electron chi connectivity index (χ4n) is 5.25. The fraction of sp³-hybridized carbons (Fsp3) is 0.219. The van der Waals surface area contributed by atoms with Gasteiger partial charge in [0.2, 0.25) is 0 Å². The second kappa shape index (κ2) is 10.7. The molecule has 3 heterocycles. The van der Waals surface area contributed by atoms with Gasteiger partial charge in [-0.1, -0.05) is 36.1 Å². The molecular weight excluding hydrogens is 540 g/mol. The van der Waals surface area contributed by atoms with Gasteiger partial charge in [-0.25, -0.2) is 4.98 Å². The van der Waals surface area contributed by atoms with Crippen molar-refractivity contribution in [1.29, 1.82) is 0 Å². The molecule has 1 amide bonds. The van der Waals surface area contributed by atoms with Crippen molar-refractivity contribution < 1.29 is 28.9 Å². The average molecular weight is 569 g/mol. The number of fused-ring (bicyclic) bond motifs is 2. The maximum atomic E-state index is 13.7. The number of aliphatic hydroxyl groups is 1. The minimum absolute atomic E-state index is 0.0166. The number of amides is 1. The number of carbonyl (C=O) groups excluding carboxylic acids is 2. The van der Waals surface area contributed by atoms with Gasteiger partial charge in [0.1, 0.15) is 35.7 Å². The zero-order valence-corrected chi connectivity index (χ0v) is 23.4. The van der Waals surface area contributed by atoms with E-state index >= 15 is 0 Å². The summed E-state index contributed by atoms with van der Waals surface area (Å²) in [5.74, 6) is 0.174. The van der Waals surface area contributed by atoms with Crippen molar-refractivity contribution in [2.45, 2.75) is 32.4 Å². The molecule has 0 spiro atoms. The SMILES string of the molecule is C=CCOc1cccc(C2C(=C(O)c3ccc4c(c3)CC(C)O4)C(=O)C(=O)N2c2nc3ccc(OCC)cc3s2)c1. The van der Waals surface area contributed by atoms with Crippen LogP contribution in [0, 0.1) is 0 Å². The summed E-state index contributed by atoms with van der Waals surface area (Å²) in [6.07, 6.45) is 2.34. The van der Waals surface area contributed by atoms with Crippen molar-refractivity contribution in [3.63, 3.8) is 0 Å². The number of hydrogen-bond acceptors (Lipinski definition) is 8. The molecule has 9 heteroatoms. The summed E-state index contributed by atoms with van der Waals surface area (Å²) >= 11 is 1.28. The minimum Gasteiger partial charge on any atom is -0.507 e. The Balaban J connectivity index is 1.51. The molecule has 2 unspecified atom stereocenters. The molecule has 1 saturated heterocycles. The lowest BCUT2D eigenvalue weighted by Crippen LogP contribution is -2.29. The summed E-state index contributed by atoms with van der Waals surface area (Å²) in [5, 5.41) is 12.0. The van der Waals surface area contributed by atoms with Crippen LogP contribution in [0.5, 0.6) is 17.2 Å². The van der Waals surface area contributed by atoms with E-state index in [4.69, 9.17) is 19.2 Å². The zero-order chi connectivity index (χ0) is 28.7. The number of benzene rings is 3. The van der Waals surface area contributed by atoms with Gasteiger partial charge in [0.25, 0.3) is 5.78 Å². The number of Topliss-reactive ketones (excluding diaryl/α,β-unsaturated/α-hetero) is 1. The molecule has 208 valence electrons. The smallest absolute Gasteiger partial charge is 0.301 e. The molecule has 2 aliphatic heterocycles. The number of rotatable bonds is 8. The highest BCUT2D eigenvalue weighted by molar-refractivity contribution is 7.22. The van der Waals surface area contributed by atoms with Crippen LogP contribution in [0.4, 0.5) is 5.13 Å². The van der Waals surface area contributed by atoms with Crippen LogP contribution in [0.1, 0.15) is 36.6 Å². The van der Waals surface area contributed by atoms with Crippen molar-refractivity contribution in [2.75, 3.05) is 18.1 Å². The maximum absolute atomic E-state index is 13.7. The first-order valence-electron chi connectivity index (χ1n) is 13.4. The molecular formula is C32H28N2O6S. The van der Waals surface area contributed by atoms with Crippen LogP contribution in [0.25, 0.3) is 16.0 Å². The van der Waals surface area contributed by atoms with Crippen LogP contribution in [0.15, 0.2) is 78.9 Å². The Labute approximate surface area is 241 Å². The predicted octanol–water partition coefficient (Wildman–Crippen LogP) is 6.21. The highest BCUT2D eigenvalue weighted by Gasteiger charge is 2.48. The standard InChI is InChI=1S/C32H28N2O6S/c1-4-13-39-22-8-6-7-19(16-22)28-27(29(35)20-9-12-25-21(15-20)14-18(3)40-25)30(36)31(37)34(28)32-33-24-11-10-23(38-5-2)17-26(24)41-32/h4,6-12,15-18,28,35H,1,5,13-14H2,2-3H3. The van der Waals surface area contributed by atoms with Gasteiger partial charge in [0.15, 0.2) is 5.13 Å². The second-order valence-corrected chi connectivity index (χ2v) is 10.9. The number of thiazole rings is 1. The number of ketones is 1. The summed E-state index contributed by atoms with van der Waals surface area (Å²) < 4.78 is 18.0. The van der Waals surface area contributed by atoms with E-state index in [2.05, 4.69) is 6.58 Å². The number of aromatic nitrogens is 1. The van der Waals surface area contributed by atoms with Gasteiger partial charge in [0, 0.05) is 12.0 Å². The van der Waals surface area contributed by atoms with Gasteiger partial charge in [-0.3, -0.25) is 14.5 Å². The lowest BCUT2D eigenvalue weighted by Gasteiger charge is -2.23. The van der Waals surface area contributed by atoms with E-state index in [9.17, 15) is 14.7 Å². The van der Waals surface area contributed by atoms with Gasteiger partial charge < -0.3 is 19.3 Å². The molecule has 0 radical (unpaired) electrons. The average Bonchev–Trinajstić information content (AvgIpc) is 3.63. The Morgan fingerprint density at radius 1 is 1.15 bits per heavy atom. The van der Waals surface area contributed by atoms with Gasteiger partial charge in [-0.15, -0.1) is 0 Å². The summed E-state index contributed by atoms with van der Waals surface area (Å²) in [7, 11) is 0. The predicted molar refractivity (Wildman–Crippen MR) is 158 cm³/mol. The first kappa shape index (κ1) is 26.6. The van der Waals surface area contributed by atoms with E-state index in [1.807, 2.05) is 38.1 Å². The quantitative estimate of drug-likeness (QED) is 0.117. The summed E-state index contributed by atoms with van der Waals surface area (Å²) in [4.78, 5) is 33.4. The largest absolute Gasteiger partial charge is 0.507 e. The van der Waals surface area contributed by atoms with Crippen LogP contribution in [0.2, 0.25) is 0 Å². The van der Waals surface area contributed by atoms with Crippen molar-refractivity contribution in [3.8, 4) is 17.2 Å². The number of anilines is 1. The molecule has 2 aliphatic rings. The van der Waals surface area contributed by atoms with Crippen molar-refractivity contribution in [3.05, 3.63) is 95.6 Å². The van der Waals surface area contributed by atoms with Crippen LogP contribution in [-0.2, 0) is 16.0 Å². The number of aliphatic hydroxyl groups excluding tert-OH is 1. The third-order valence-corrected chi connectivity index (χ3v) is 8.04. The number of hydrogen-bond donors (Lipinski definition) is 1. The van der Waals surface area contributed by atoms with Crippen LogP contribution in [-0.4, -0.2) is 41.1 Å². The van der Waals surface area contributed by atoms with Crippen LogP contribution in [0.3, 0.4) is 0 Å². The first-order valence-corrected chi connectivity index (χ1v) is 14.2. The van der Waals surface area contributed by atoms with Crippen molar-refractivity contribution in [1.82, 2.24) is 4.98 Å². The molecule has 0 saturated carbocycles. The molecule has 1 N–H and O–H groups in total. The minimum atomic E-state index is -0.933. The lowest BCUT2D eigenvalue weighted by molar-refractivity contribution is -0.132. The Kier molecular flexibility index (Phi) is 6.96. The van der Waals surface area contributed by atoms with E-state index in [-0.39, 0.29) is 17.4 Å². The number of carbonyl (C=O) groups is 2. The first-order chi connectivity index (χ1) is 19.9. The fourth-order valence-corrected chi connectivity index (χ4v) is 6.27. The third-order valence-electron chi connectivity index (χ3n) is 7.02. The zero-order valence-electron chi connectivity index (χ0n) is 22.6. The highest BCUT2D eigenvalue weighted by atomic mass is 32.1. The Morgan fingerprint density at radius 3 is 2.78 bits per heavy atom. The van der Waals surface area contributed by atoms with E-state index < -0.39 is 17.7 Å². The number of ether oxygens (including phenoxy) is 3. The summed E-state index contributed by atoms with van der Waals surface area (Å²) in [6.45, 7) is 8.38. The molecule has 0 aliphatic carbocycles. The van der Waals surface area contributed by atoms with Crippen LogP contribution >= 0.6 is 11.3 Å². The number of nitrogens with zero attached hydrogens (tertiary/aromatic N) is 2. The van der Waals surface area contributed by atoms with Gasteiger partial charge in [-0.2, -0.15) is 0 Å². The van der Waals surface area contributed by atoms with Crippen molar-refractivity contribution >= 4 is 44.1 Å². The Bertz CT molecular complexity index is 1720. The lowest BCUT2D eigenvalue weighted by atomic mass is 9.94. The normalized spacial score (nSPS) is 19.3. The maximum Gasteiger partial charge on any atom is 0.301 e. The summed E-state index contributed by atoms with van der Waals surface area (Å²) in [6, 6.07) is 17.0. The topological polar surface area (TPSA) is 98.2 Å². The molecule has 8 nitrogen and oxygen atoms in total. The second-order valence-electron chi connectivity index (χ2n) is 9.86. The molecule has 1 fully saturated rings. The van der Waals surface area contributed by atoms with E-state index in [1.165, 1.54) is 16.2 Å². The van der Waals surface area contributed by atoms with Gasteiger partial charge >= 0.3 is 5.91 Å². The molecule has 3 aromatic carbocycles. The van der Waals surface area contributed by atoms with Gasteiger partial charge in [0.05, 0.1) is 28.4 Å². The molecule has 2 atom stereocenters. The van der Waals surface area contributed by atoms with Gasteiger partial charge in [-0.05, 0) is 73.5 Å². The van der Waals surface area contributed by atoms with E-state index in [0.29, 0.717) is 52.9 Å². The Hall–Kier alpha value is -4.63. The monoisotopic (exact) mass is 568 g/mol. The molecule has 41 heavy (non-hydrogen) atoms. The third kappa shape index (κ3) is 4.82. The van der Waals surface area contributed by atoms with Crippen LogP contribution < -0.4 is 19.1 Å². The molecule has 4 aromatic rings.